The zero-order chi connectivity index (χ0) is 18.7. The Hall–Kier alpha value is -2.61. The van der Waals surface area contributed by atoms with Crippen molar-refractivity contribution in [2.24, 2.45) is 0 Å². The van der Waals surface area contributed by atoms with E-state index < -0.39 is 0 Å². The minimum atomic E-state index is -0.362. The zero-order valence-electron chi connectivity index (χ0n) is 14.4. The number of hydrogen-bond donors (Lipinski definition) is 0. The lowest BCUT2D eigenvalue weighted by atomic mass is 10.2. The molecule has 7 nitrogen and oxygen atoms in total. The van der Waals surface area contributed by atoms with Crippen LogP contribution in [0.1, 0.15) is 12.5 Å². The van der Waals surface area contributed by atoms with Crippen molar-refractivity contribution in [2.75, 3.05) is 13.7 Å². The highest BCUT2D eigenvalue weighted by molar-refractivity contribution is 9.10. The van der Waals surface area contributed by atoms with Crippen molar-refractivity contribution < 1.29 is 14.3 Å². The number of ether oxygens (including phenoxy) is 2. The molecule has 0 amide bonds. The van der Waals surface area contributed by atoms with Crippen LogP contribution >= 0.6 is 15.9 Å². The molecule has 0 aliphatic rings. The number of carbonyl (C=O) groups excluding carboxylic acids is 1. The summed E-state index contributed by atoms with van der Waals surface area (Å²) in [5.41, 5.74) is 1.29. The molecule has 0 saturated carbocycles. The molecule has 26 heavy (non-hydrogen) atoms. The quantitative estimate of drug-likeness (QED) is 0.573. The van der Waals surface area contributed by atoms with Crippen LogP contribution in [0.25, 0.3) is 10.9 Å². The molecule has 2 aromatic heterocycles. The molecule has 3 rings (SSSR count). The summed E-state index contributed by atoms with van der Waals surface area (Å²) in [7, 11) is 1.60. The largest absolute Gasteiger partial charge is 0.497 e. The van der Waals surface area contributed by atoms with Gasteiger partial charge in [-0.25, -0.2) is 4.68 Å². The van der Waals surface area contributed by atoms with Crippen LogP contribution in [-0.4, -0.2) is 34.0 Å². The number of carbonyl (C=O) groups is 1. The molecule has 0 bridgehead atoms. The molecule has 0 saturated heterocycles. The van der Waals surface area contributed by atoms with Gasteiger partial charge in [0.1, 0.15) is 12.3 Å². The first-order valence-corrected chi connectivity index (χ1v) is 8.85. The third-order valence-corrected chi connectivity index (χ3v) is 4.54. The summed E-state index contributed by atoms with van der Waals surface area (Å²) in [6.07, 6.45) is 3.28. The summed E-state index contributed by atoms with van der Waals surface area (Å²) >= 11 is 3.41. The van der Waals surface area contributed by atoms with Crippen molar-refractivity contribution in [2.45, 2.75) is 20.0 Å². The maximum Gasteiger partial charge on any atom is 0.325 e. The maximum atomic E-state index is 12.8. The highest BCUT2D eigenvalue weighted by atomic mass is 79.9. The van der Waals surface area contributed by atoms with E-state index in [0.717, 1.165) is 11.3 Å². The Morgan fingerprint density at radius 2 is 2.00 bits per heavy atom. The first kappa shape index (κ1) is 18.2. The number of nitrogens with zero attached hydrogens (tertiary/aromatic N) is 3. The molecule has 0 spiro atoms. The molecule has 1 aromatic carbocycles. The summed E-state index contributed by atoms with van der Waals surface area (Å²) < 4.78 is 13.8. The Balaban J connectivity index is 1.94. The number of fused-ring (bicyclic) bond motifs is 1. The monoisotopic (exact) mass is 419 g/mol. The topological polar surface area (TPSA) is 75.3 Å². The van der Waals surface area contributed by atoms with Crippen LogP contribution in [-0.2, 0) is 22.6 Å². The maximum absolute atomic E-state index is 12.8. The van der Waals surface area contributed by atoms with Gasteiger partial charge in [-0.05, 0) is 40.5 Å². The lowest BCUT2D eigenvalue weighted by Gasteiger charge is -2.07. The normalized spacial score (nSPS) is 10.9. The van der Waals surface area contributed by atoms with Crippen LogP contribution in [0.3, 0.4) is 0 Å². The fourth-order valence-corrected chi connectivity index (χ4v) is 3.31. The SMILES string of the molecule is CCOC(=O)Cn1cc(Br)c2c(=O)n(Cc3ccc(OC)cc3)ncc21. The average molecular weight is 420 g/mol. The first-order valence-electron chi connectivity index (χ1n) is 8.06. The summed E-state index contributed by atoms with van der Waals surface area (Å²) in [5, 5.41) is 4.73. The van der Waals surface area contributed by atoms with E-state index in [2.05, 4.69) is 21.0 Å². The van der Waals surface area contributed by atoms with Crippen molar-refractivity contribution in [3.63, 3.8) is 0 Å². The van der Waals surface area contributed by atoms with Crippen molar-refractivity contribution in [1.82, 2.24) is 14.3 Å². The van der Waals surface area contributed by atoms with Gasteiger partial charge in [-0.2, -0.15) is 5.10 Å². The summed E-state index contributed by atoms with van der Waals surface area (Å²) in [6.45, 7) is 2.43. The number of esters is 1. The Morgan fingerprint density at radius 3 is 2.65 bits per heavy atom. The number of rotatable bonds is 6. The molecule has 0 aliphatic carbocycles. The third kappa shape index (κ3) is 3.65. The second-order valence-electron chi connectivity index (χ2n) is 5.63. The average Bonchev–Trinajstić information content (AvgIpc) is 2.94. The second-order valence-corrected chi connectivity index (χ2v) is 6.48. The van der Waals surface area contributed by atoms with Gasteiger partial charge >= 0.3 is 5.97 Å². The van der Waals surface area contributed by atoms with Gasteiger partial charge in [0.25, 0.3) is 5.56 Å². The number of aromatic nitrogens is 3. The number of hydrogen-bond acceptors (Lipinski definition) is 5. The van der Waals surface area contributed by atoms with Gasteiger partial charge in [-0.1, -0.05) is 12.1 Å². The molecule has 0 aliphatic heterocycles. The molecular weight excluding hydrogens is 402 g/mol. The highest BCUT2D eigenvalue weighted by Crippen LogP contribution is 2.23. The van der Waals surface area contributed by atoms with Crippen molar-refractivity contribution in [3.05, 3.63) is 57.0 Å². The van der Waals surface area contributed by atoms with Crippen LogP contribution in [0.5, 0.6) is 5.75 Å². The van der Waals surface area contributed by atoms with Gasteiger partial charge in [-0.3, -0.25) is 9.59 Å². The number of benzene rings is 1. The molecule has 2 heterocycles. The Kier molecular flexibility index (Phi) is 5.41. The van der Waals surface area contributed by atoms with E-state index in [4.69, 9.17) is 9.47 Å². The van der Waals surface area contributed by atoms with E-state index in [1.165, 1.54) is 4.68 Å². The molecule has 8 heteroatoms. The van der Waals surface area contributed by atoms with Gasteiger partial charge in [0.15, 0.2) is 0 Å². The van der Waals surface area contributed by atoms with E-state index in [-0.39, 0.29) is 18.1 Å². The minimum absolute atomic E-state index is 0.0273. The van der Waals surface area contributed by atoms with Crippen molar-refractivity contribution in [1.29, 1.82) is 0 Å². The summed E-state index contributed by atoms with van der Waals surface area (Å²) in [5.74, 6) is 0.391. The predicted octanol–water partition coefficient (Wildman–Crippen LogP) is 2.58. The van der Waals surface area contributed by atoms with Crippen LogP contribution < -0.4 is 10.3 Å². The molecular formula is C18H18BrN3O4. The van der Waals surface area contributed by atoms with Gasteiger partial charge in [0, 0.05) is 10.7 Å². The van der Waals surface area contributed by atoms with Crippen LogP contribution in [0, 0.1) is 0 Å². The lowest BCUT2D eigenvalue weighted by molar-refractivity contribution is -0.143. The Labute approximate surface area is 158 Å². The molecule has 136 valence electrons. The van der Waals surface area contributed by atoms with E-state index in [1.807, 2.05) is 24.3 Å². The molecule has 3 aromatic rings. The lowest BCUT2D eigenvalue weighted by Crippen LogP contribution is -2.23. The first-order chi connectivity index (χ1) is 12.5. The van der Waals surface area contributed by atoms with E-state index in [0.29, 0.717) is 28.5 Å². The van der Waals surface area contributed by atoms with Gasteiger partial charge in [0.2, 0.25) is 0 Å². The van der Waals surface area contributed by atoms with Crippen molar-refractivity contribution >= 4 is 32.8 Å². The molecule has 0 N–H and O–H groups in total. The minimum Gasteiger partial charge on any atom is -0.497 e. The third-order valence-electron chi connectivity index (χ3n) is 3.94. The Bertz CT molecular complexity index is 992. The van der Waals surface area contributed by atoms with Gasteiger partial charge < -0.3 is 14.0 Å². The summed E-state index contributed by atoms with van der Waals surface area (Å²) in [4.78, 5) is 24.6. The molecule has 0 atom stereocenters. The van der Waals surface area contributed by atoms with E-state index in [9.17, 15) is 9.59 Å². The fraction of sp³-hybridized carbons (Fsp3) is 0.278. The number of halogens is 1. The highest BCUT2D eigenvalue weighted by Gasteiger charge is 2.15. The molecule has 0 unspecified atom stereocenters. The summed E-state index contributed by atoms with van der Waals surface area (Å²) in [6, 6.07) is 7.45. The van der Waals surface area contributed by atoms with Crippen LogP contribution in [0.2, 0.25) is 0 Å². The van der Waals surface area contributed by atoms with Gasteiger partial charge in [-0.15, -0.1) is 0 Å². The predicted molar refractivity (Wildman–Crippen MR) is 100 cm³/mol. The number of methoxy groups -OCH3 is 1. The van der Waals surface area contributed by atoms with Crippen LogP contribution in [0.15, 0.2) is 45.9 Å². The smallest absolute Gasteiger partial charge is 0.325 e. The second kappa shape index (κ2) is 7.74. The van der Waals surface area contributed by atoms with E-state index in [1.54, 1.807) is 31.0 Å². The van der Waals surface area contributed by atoms with E-state index >= 15 is 0 Å². The zero-order valence-corrected chi connectivity index (χ0v) is 16.0. The van der Waals surface area contributed by atoms with Gasteiger partial charge in [0.05, 0.1) is 37.4 Å². The molecule has 0 radical (unpaired) electrons. The standard InChI is InChI=1S/C18H18BrN3O4/c1-3-26-16(23)11-21-10-14(19)17-15(21)8-20-22(18(17)24)9-12-4-6-13(25-2)7-5-12/h4-8,10H,3,9,11H2,1-2H3. The fourth-order valence-electron chi connectivity index (χ4n) is 2.69. The van der Waals surface area contributed by atoms with Crippen molar-refractivity contribution in [3.8, 4) is 5.75 Å². The van der Waals surface area contributed by atoms with Crippen LogP contribution in [0.4, 0.5) is 0 Å². The molecule has 0 fully saturated rings. The Morgan fingerprint density at radius 1 is 1.27 bits per heavy atom.